The summed E-state index contributed by atoms with van der Waals surface area (Å²) in [5.41, 5.74) is 0. The first-order valence-electron chi connectivity index (χ1n) is 8.22. The minimum atomic E-state index is -1.000. The summed E-state index contributed by atoms with van der Waals surface area (Å²) in [6, 6.07) is 10.0. The van der Waals surface area contributed by atoms with Gasteiger partial charge in [-0.05, 0) is 30.5 Å². The highest BCUT2D eigenvalue weighted by Crippen LogP contribution is 2.33. The van der Waals surface area contributed by atoms with Gasteiger partial charge in [0, 0.05) is 4.88 Å². The van der Waals surface area contributed by atoms with Crippen LogP contribution in [-0.4, -0.2) is 36.7 Å². The number of benzene rings is 1. The molecule has 3 amide bonds. The van der Waals surface area contributed by atoms with E-state index in [1.165, 1.54) is 11.3 Å². The van der Waals surface area contributed by atoms with E-state index in [0.29, 0.717) is 18.0 Å². The predicted octanol–water partition coefficient (Wildman–Crippen LogP) is 1.85. The van der Waals surface area contributed by atoms with Crippen molar-refractivity contribution < 1.29 is 28.6 Å². The number of nitrogens with one attached hydrogen (secondary N) is 2. The molecule has 2 atom stereocenters. The van der Waals surface area contributed by atoms with Crippen LogP contribution in [0.2, 0.25) is 0 Å². The number of carbonyl (C=O) groups is 3. The normalized spacial score (nSPS) is 17.7. The van der Waals surface area contributed by atoms with Crippen molar-refractivity contribution in [3.8, 4) is 11.5 Å². The SMILES string of the molecule is CC1Oc2ccccc2OC1C(=O)OCC(=O)NC(=O)NCc1cccs1. The van der Waals surface area contributed by atoms with Gasteiger partial charge >= 0.3 is 12.0 Å². The molecule has 1 aliphatic rings. The number of amides is 3. The van der Waals surface area contributed by atoms with Crippen molar-refractivity contribution in [2.45, 2.75) is 25.7 Å². The molecule has 8 nitrogen and oxygen atoms in total. The lowest BCUT2D eigenvalue weighted by Gasteiger charge is -2.30. The summed E-state index contributed by atoms with van der Waals surface area (Å²) in [6.45, 7) is 1.38. The molecule has 3 rings (SSSR count). The van der Waals surface area contributed by atoms with Gasteiger partial charge in [-0.15, -0.1) is 11.3 Å². The molecule has 1 aromatic carbocycles. The summed E-state index contributed by atoms with van der Waals surface area (Å²) < 4.78 is 16.2. The highest BCUT2D eigenvalue weighted by Gasteiger charge is 2.35. The second kappa shape index (κ2) is 8.54. The van der Waals surface area contributed by atoms with Crippen LogP contribution in [0.5, 0.6) is 11.5 Å². The Kier molecular flexibility index (Phi) is 5.92. The first-order valence-corrected chi connectivity index (χ1v) is 9.10. The van der Waals surface area contributed by atoms with Gasteiger partial charge in [0.2, 0.25) is 6.10 Å². The average molecular weight is 390 g/mol. The molecule has 27 heavy (non-hydrogen) atoms. The van der Waals surface area contributed by atoms with Crippen molar-refractivity contribution in [1.82, 2.24) is 10.6 Å². The molecule has 0 bridgehead atoms. The second-order valence-corrected chi connectivity index (χ2v) is 6.76. The molecule has 0 saturated carbocycles. The van der Waals surface area contributed by atoms with Crippen molar-refractivity contribution in [2.75, 3.05) is 6.61 Å². The Bertz CT molecular complexity index is 823. The number of carbonyl (C=O) groups excluding carboxylic acids is 3. The second-order valence-electron chi connectivity index (χ2n) is 5.73. The maximum absolute atomic E-state index is 12.2. The van der Waals surface area contributed by atoms with Gasteiger partial charge in [-0.3, -0.25) is 10.1 Å². The zero-order valence-electron chi connectivity index (χ0n) is 14.5. The Morgan fingerprint density at radius 2 is 1.85 bits per heavy atom. The summed E-state index contributed by atoms with van der Waals surface area (Å²) in [4.78, 5) is 36.6. The zero-order chi connectivity index (χ0) is 19.2. The lowest BCUT2D eigenvalue weighted by molar-refractivity contribution is -0.160. The number of hydrogen-bond acceptors (Lipinski definition) is 7. The summed E-state index contributed by atoms with van der Waals surface area (Å²) in [5, 5.41) is 6.52. The standard InChI is InChI=1S/C18H18N2O6S/c1-11-16(26-14-7-3-2-6-13(14)25-11)17(22)24-10-15(21)20-18(23)19-9-12-5-4-8-27-12/h2-8,11,16H,9-10H2,1H3,(H2,19,20,21,23). The minimum absolute atomic E-state index is 0.306. The molecule has 1 aliphatic heterocycles. The molecule has 2 unspecified atom stereocenters. The van der Waals surface area contributed by atoms with Gasteiger partial charge < -0.3 is 19.5 Å². The van der Waals surface area contributed by atoms with Crippen molar-refractivity contribution in [1.29, 1.82) is 0 Å². The molecule has 142 valence electrons. The van der Waals surface area contributed by atoms with Crippen molar-refractivity contribution in [3.05, 3.63) is 46.7 Å². The van der Waals surface area contributed by atoms with Crippen LogP contribution in [0.15, 0.2) is 41.8 Å². The molecule has 1 aromatic heterocycles. The number of urea groups is 1. The van der Waals surface area contributed by atoms with E-state index in [0.717, 1.165) is 4.88 Å². The summed E-state index contributed by atoms with van der Waals surface area (Å²) in [5.74, 6) is -0.521. The van der Waals surface area contributed by atoms with Crippen LogP contribution in [0.4, 0.5) is 4.79 Å². The molecular formula is C18H18N2O6S. The largest absolute Gasteiger partial charge is 0.482 e. The lowest BCUT2D eigenvalue weighted by Crippen LogP contribution is -2.46. The molecule has 0 aliphatic carbocycles. The fraction of sp³-hybridized carbons (Fsp3) is 0.278. The van der Waals surface area contributed by atoms with Crippen LogP contribution in [-0.2, 0) is 20.9 Å². The fourth-order valence-electron chi connectivity index (χ4n) is 2.39. The Morgan fingerprint density at radius 3 is 2.56 bits per heavy atom. The van der Waals surface area contributed by atoms with Gasteiger partial charge in [0.1, 0.15) is 6.10 Å². The monoisotopic (exact) mass is 390 g/mol. The van der Waals surface area contributed by atoms with Gasteiger partial charge in [-0.25, -0.2) is 9.59 Å². The Balaban J connectivity index is 1.43. The molecule has 0 saturated heterocycles. The first kappa shape index (κ1) is 18.7. The first-order chi connectivity index (χ1) is 13.0. The number of thiophene rings is 1. The highest BCUT2D eigenvalue weighted by atomic mass is 32.1. The number of rotatable bonds is 5. The molecule has 0 fully saturated rings. The summed E-state index contributed by atoms with van der Waals surface area (Å²) in [7, 11) is 0. The number of para-hydroxylation sites is 2. The molecule has 0 radical (unpaired) electrons. The summed E-state index contributed by atoms with van der Waals surface area (Å²) >= 11 is 1.49. The van der Waals surface area contributed by atoms with Crippen molar-refractivity contribution >= 4 is 29.2 Å². The van der Waals surface area contributed by atoms with Gasteiger partial charge in [-0.1, -0.05) is 18.2 Å². The van der Waals surface area contributed by atoms with E-state index >= 15 is 0 Å². The van der Waals surface area contributed by atoms with Crippen LogP contribution in [0.3, 0.4) is 0 Å². The van der Waals surface area contributed by atoms with Gasteiger partial charge in [0.15, 0.2) is 18.1 Å². The predicted molar refractivity (Wildman–Crippen MR) is 96.6 cm³/mol. The molecule has 0 spiro atoms. The molecule has 9 heteroatoms. The van der Waals surface area contributed by atoms with E-state index in [2.05, 4.69) is 10.6 Å². The highest BCUT2D eigenvalue weighted by molar-refractivity contribution is 7.09. The van der Waals surface area contributed by atoms with E-state index in [4.69, 9.17) is 14.2 Å². The summed E-state index contributed by atoms with van der Waals surface area (Å²) in [6.07, 6.45) is -1.58. The molecule has 2 heterocycles. The maximum atomic E-state index is 12.2. The quantitative estimate of drug-likeness (QED) is 0.756. The minimum Gasteiger partial charge on any atom is -0.482 e. The number of imide groups is 1. The molecule has 2 N–H and O–H groups in total. The van der Waals surface area contributed by atoms with E-state index < -0.39 is 36.7 Å². The molecule has 2 aromatic rings. The third-order valence-electron chi connectivity index (χ3n) is 3.68. The lowest BCUT2D eigenvalue weighted by atomic mass is 10.2. The van der Waals surface area contributed by atoms with E-state index in [-0.39, 0.29) is 0 Å². The van der Waals surface area contributed by atoms with Gasteiger partial charge in [0.05, 0.1) is 6.54 Å². The topological polar surface area (TPSA) is 103 Å². The molecular weight excluding hydrogens is 372 g/mol. The van der Waals surface area contributed by atoms with E-state index in [1.807, 2.05) is 17.5 Å². The number of ether oxygens (including phenoxy) is 3. The van der Waals surface area contributed by atoms with Crippen LogP contribution in [0.25, 0.3) is 0 Å². The van der Waals surface area contributed by atoms with Crippen molar-refractivity contribution in [3.63, 3.8) is 0 Å². The van der Waals surface area contributed by atoms with Crippen LogP contribution >= 0.6 is 11.3 Å². The fourth-order valence-corrected chi connectivity index (χ4v) is 3.03. The van der Waals surface area contributed by atoms with Crippen molar-refractivity contribution in [2.24, 2.45) is 0 Å². The van der Waals surface area contributed by atoms with Crippen LogP contribution < -0.4 is 20.1 Å². The van der Waals surface area contributed by atoms with Gasteiger partial charge in [0.25, 0.3) is 5.91 Å². The van der Waals surface area contributed by atoms with Crippen LogP contribution in [0.1, 0.15) is 11.8 Å². The number of hydrogen-bond donors (Lipinski definition) is 2. The van der Waals surface area contributed by atoms with Crippen LogP contribution in [0, 0.1) is 0 Å². The third kappa shape index (κ3) is 4.98. The Hall–Kier alpha value is -3.07. The maximum Gasteiger partial charge on any atom is 0.351 e. The van der Waals surface area contributed by atoms with E-state index in [1.54, 1.807) is 31.2 Å². The number of fused-ring (bicyclic) bond motifs is 1. The third-order valence-corrected chi connectivity index (χ3v) is 4.55. The Labute approximate surface area is 159 Å². The average Bonchev–Trinajstić information content (AvgIpc) is 3.17. The van der Waals surface area contributed by atoms with Gasteiger partial charge in [-0.2, -0.15) is 0 Å². The zero-order valence-corrected chi connectivity index (χ0v) is 15.3. The number of esters is 1. The smallest absolute Gasteiger partial charge is 0.351 e. The Morgan fingerprint density at radius 1 is 1.11 bits per heavy atom. The van der Waals surface area contributed by atoms with E-state index in [9.17, 15) is 14.4 Å².